The number of unbranched alkanes of at least 4 members (excludes halogenated alkanes) is 16. The van der Waals surface area contributed by atoms with Crippen LogP contribution in [0.25, 0.3) is 0 Å². The van der Waals surface area contributed by atoms with Crippen LogP contribution in [-0.4, -0.2) is 35.6 Å². The van der Waals surface area contributed by atoms with Crippen molar-refractivity contribution in [3.05, 3.63) is 0 Å². The van der Waals surface area contributed by atoms with E-state index in [0.717, 1.165) is 25.9 Å². The van der Waals surface area contributed by atoms with E-state index in [0.29, 0.717) is 0 Å². The Labute approximate surface area is 170 Å². The SMILES string of the molecule is CCCCCCCCCCCCCCN(CCCCCCCC)CC(=O)O. The lowest BCUT2D eigenvalue weighted by Crippen LogP contribution is -2.31. The second-order valence-electron chi connectivity index (χ2n) is 8.33. The number of rotatable bonds is 22. The first-order valence-corrected chi connectivity index (χ1v) is 12.1. The van der Waals surface area contributed by atoms with Crippen LogP contribution in [0.15, 0.2) is 0 Å². The highest BCUT2D eigenvalue weighted by atomic mass is 16.4. The van der Waals surface area contributed by atoms with E-state index in [4.69, 9.17) is 5.11 Å². The minimum atomic E-state index is -0.681. The van der Waals surface area contributed by atoms with Crippen molar-refractivity contribution < 1.29 is 9.90 Å². The van der Waals surface area contributed by atoms with Gasteiger partial charge < -0.3 is 5.11 Å². The predicted octanol–water partition coefficient (Wildman–Crippen LogP) is 7.43. The summed E-state index contributed by atoms with van der Waals surface area (Å²) < 4.78 is 0. The molecular weight excluding hydrogens is 334 g/mol. The molecule has 0 aliphatic carbocycles. The van der Waals surface area contributed by atoms with E-state index in [-0.39, 0.29) is 6.54 Å². The molecule has 3 heteroatoms. The first-order chi connectivity index (χ1) is 13.2. The highest BCUT2D eigenvalue weighted by Gasteiger charge is 2.08. The van der Waals surface area contributed by atoms with Crippen molar-refractivity contribution in [2.45, 2.75) is 129 Å². The molecule has 0 aliphatic heterocycles. The molecule has 0 rings (SSSR count). The average Bonchev–Trinajstić information content (AvgIpc) is 2.64. The van der Waals surface area contributed by atoms with E-state index in [1.165, 1.54) is 103 Å². The molecule has 0 aromatic rings. The maximum absolute atomic E-state index is 11.1. The van der Waals surface area contributed by atoms with Crippen molar-refractivity contribution in [3.63, 3.8) is 0 Å². The van der Waals surface area contributed by atoms with Gasteiger partial charge in [-0.2, -0.15) is 0 Å². The lowest BCUT2D eigenvalue weighted by molar-refractivity contribution is -0.138. The molecule has 0 aromatic heterocycles. The molecule has 0 aliphatic rings. The molecule has 0 fully saturated rings. The van der Waals surface area contributed by atoms with E-state index in [2.05, 4.69) is 18.7 Å². The molecule has 162 valence electrons. The van der Waals surface area contributed by atoms with Crippen molar-refractivity contribution in [2.24, 2.45) is 0 Å². The van der Waals surface area contributed by atoms with Gasteiger partial charge in [-0.1, -0.05) is 117 Å². The van der Waals surface area contributed by atoms with Crippen molar-refractivity contribution in [2.75, 3.05) is 19.6 Å². The maximum Gasteiger partial charge on any atom is 0.317 e. The molecule has 1 N–H and O–H groups in total. The molecule has 0 saturated heterocycles. The summed E-state index contributed by atoms with van der Waals surface area (Å²) in [6.07, 6.45) is 23.9. The lowest BCUT2D eigenvalue weighted by Gasteiger charge is -2.20. The molecule has 0 spiro atoms. The fourth-order valence-corrected chi connectivity index (χ4v) is 3.75. The second kappa shape index (κ2) is 21.7. The van der Waals surface area contributed by atoms with Crippen LogP contribution >= 0.6 is 0 Å². The minimum Gasteiger partial charge on any atom is -0.480 e. The molecule has 0 bridgehead atoms. The standard InChI is InChI=1S/C24H49NO2/c1-3-5-7-9-11-12-13-14-15-16-18-20-22-25(23-24(26)27)21-19-17-10-8-6-4-2/h3-23H2,1-2H3,(H,26,27). The lowest BCUT2D eigenvalue weighted by atomic mass is 10.1. The van der Waals surface area contributed by atoms with Gasteiger partial charge in [-0.3, -0.25) is 9.69 Å². The average molecular weight is 384 g/mol. The molecule has 0 radical (unpaired) electrons. The molecule has 0 heterocycles. The zero-order valence-corrected chi connectivity index (χ0v) is 18.7. The number of carboxylic acids is 1. The number of aliphatic carboxylic acids is 1. The molecule has 0 aromatic carbocycles. The van der Waals surface area contributed by atoms with Gasteiger partial charge in [0.05, 0.1) is 6.54 Å². The Morgan fingerprint density at radius 1 is 0.556 bits per heavy atom. The van der Waals surface area contributed by atoms with Crippen LogP contribution in [0.2, 0.25) is 0 Å². The van der Waals surface area contributed by atoms with Gasteiger partial charge in [0.15, 0.2) is 0 Å². The van der Waals surface area contributed by atoms with Gasteiger partial charge in [-0.05, 0) is 25.9 Å². The Bertz CT molecular complexity index is 307. The van der Waals surface area contributed by atoms with Gasteiger partial charge in [-0.25, -0.2) is 0 Å². The Morgan fingerprint density at radius 2 is 0.852 bits per heavy atom. The first-order valence-electron chi connectivity index (χ1n) is 12.1. The summed E-state index contributed by atoms with van der Waals surface area (Å²) in [6, 6.07) is 0. The fraction of sp³-hybridized carbons (Fsp3) is 0.958. The summed E-state index contributed by atoms with van der Waals surface area (Å²) in [5, 5.41) is 9.11. The van der Waals surface area contributed by atoms with Gasteiger partial charge in [0.1, 0.15) is 0 Å². The van der Waals surface area contributed by atoms with E-state index < -0.39 is 5.97 Å². The fourth-order valence-electron chi connectivity index (χ4n) is 3.75. The summed E-state index contributed by atoms with van der Waals surface area (Å²) >= 11 is 0. The Kier molecular flexibility index (Phi) is 21.3. The van der Waals surface area contributed by atoms with Crippen LogP contribution in [0.5, 0.6) is 0 Å². The summed E-state index contributed by atoms with van der Waals surface area (Å²) in [5.41, 5.74) is 0. The van der Waals surface area contributed by atoms with Gasteiger partial charge >= 0.3 is 5.97 Å². The van der Waals surface area contributed by atoms with Gasteiger partial charge in [-0.15, -0.1) is 0 Å². The third-order valence-corrected chi connectivity index (χ3v) is 5.51. The summed E-state index contributed by atoms with van der Waals surface area (Å²) in [7, 11) is 0. The summed E-state index contributed by atoms with van der Waals surface area (Å²) in [4.78, 5) is 13.2. The third-order valence-electron chi connectivity index (χ3n) is 5.51. The quantitative estimate of drug-likeness (QED) is 0.197. The van der Waals surface area contributed by atoms with Gasteiger partial charge in [0, 0.05) is 0 Å². The summed E-state index contributed by atoms with van der Waals surface area (Å²) in [5.74, 6) is -0.681. The first kappa shape index (κ1) is 26.4. The summed E-state index contributed by atoms with van der Waals surface area (Å²) in [6.45, 7) is 6.64. The van der Waals surface area contributed by atoms with E-state index >= 15 is 0 Å². The molecular formula is C24H49NO2. The van der Waals surface area contributed by atoms with E-state index in [9.17, 15) is 4.79 Å². The smallest absolute Gasteiger partial charge is 0.317 e. The normalized spacial score (nSPS) is 11.4. The Hall–Kier alpha value is -0.570. The Balaban J connectivity index is 3.51. The molecule has 0 saturated carbocycles. The van der Waals surface area contributed by atoms with E-state index in [1.807, 2.05) is 0 Å². The van der Waals surface area contributed by atoms with Gasteiger partial charge in [0.25, 0.3) is 0 Å². The topological polar surface area (TPSA) is 40.5 Å². The molecule has 3 nitrogen and oxygen atoms in total. The zero-order valence-electron chi connectivity index (χ0n) is 18.7. The highest BCUT2D eigenvalue weighted by molar-refractivity contribution is 5.69. The van der Waals surface area contributed by atoms with Crippen molar-refractivity contribution in [1.82, 2.24) is 4.90 Å². The van der Waals surface area contributed by atoms with Crippen molar-refractivity contribution in [1.29, 1.82) is 0 Å². The van der Waals surface area contributed by atoms with Crippen LogP contribution < -0.4 is 0 Å². The molecule has 0 amide bonds. The van der Waals surface area contributed by atoms with Crippen LogP contribution in [0, 0.1) is 0 Å². The number of hydrogen-bond acceptors (Lipinski definition) is 2. The van der Waals surface area contributed by atoms with Crippen LogP contribution in [0.3, 0.4) is 0 Å². The van der Waals surface area contributed by atoms with Crippen molar-refractivity contribution in [3.8, 4) is 0 Å². The second-order valence-corrected chi connectivity index (χ2v) is 8.33. The van der Waals surface area contributed by atoms with Crippen molar-refractivity contribution >= 4 is 5.97 Å². The predicted molar refractivity (Wildman–Crippen MR) is 119 cm³/mol. The zero-order chi connectivity index (χ0) is 20.0. The molecule has 0 atom stereocenters. The number of nitrogens with zero attached hydrogens (tertiary/aromatic N) is 1. The van der Waals surface area contributed by atoms with E-state index in [1.54, 1.807) is 0 Å². The maximum atomic E-state index is 11.1. The largest absolute Gasteiger partial charge is 0.480 e. The third kappa shape index (κ3) is 21.6. The Morgan fingerprint density at radius 3 is 1.15 bits per heavy atom. The number of hydrogen-bond donors (Lipinski definition) is 1. The van der Waals surface area contributed by atoms with Crippen LogP contribution in [-0.2, 0) is 4.79 Å². The number of carbonyl (C=O) groups is 1. The minimum absolute atomic E-state index is 0.215. The molecule has 27 heavy (non-hydrogen) atoms. The monoisotopic (exact) mass is 383 g/mol. The van der Waals surface area contributed by atoms with Gasteiger partial charge in [0.2, 0.25) is 0 Å². The number of carboxylic acid groups (broad SMARTS) is 1. The molecule has 0 unspecified atom stereocenters. The van der Waals surface area contributed by atoms with Crippen LogP contribution in [0.1, 0.15) is 129 Å². The highest BCUT2D eigenvalue weighted by Crippen LogP contribution is 2.12. The van der Waals surface area contributed by atoms with Crippen LogP contribution in [0.4, 0.5) is 0 Å².